The van der Waals surface area contributed by atoms with Crippen molar-refractivity contribution in [3.05, 3.63) is 24.0 Å². The first-order valence-corrected chi connectivity index (χ1v) is 9.68. The van der Waals surface area contributed by atoms with Crippen molar-refractivity contribution in [2.45, 2.75) is 31.4 Å². The third-order valence-corrected chi connectivity index (χ3v) is 5.67. The fourth-order valence-corrected chi connectivity index (χ4v) is 4.03. The molecule has 11 heteroatoms. The zero-order valence-corrected chi connectivity index (χ0v) is 16.4. The summed E-state index contributed by atoms with van der Waals surface area (Å²) in [5, 5.41) is 7.52. The molecule has 0 radical (unpaired) electrons. The summed E-state index contributed by atoms with van der Waals surface area (Å²) in [6, 6.07) is 3.99. The number of piperidine rings is 1. The van der Waals surface area contributed by atoms with Gasteiger partial charge in [-0.15, -0.1) is 0 Å². The van der Waals surface area contributed by atoms with Crippen molar-refractivity contribution < 1.29 is 28.3 Å². The molecule has 0 saturated carbocycles. The molecule has 3 heterocycles. The van der Waals surface area contributed by atoms with E-state index in [9.17, 15) is 23.6 Å². The van der Waals surface area contributed by atoms with Crippen molar-refractivity contribution in [2.75, 3.05) is 36.0 Å². The van der Waals surface area contributed by atoms with Gasteiger partial charge in [0.15, 0.2) is 0 Å². The average molecular weight is 419 g/mol. The summed E-state index contributed by atoms with van der Waals surface area (Å²) >= 11 is 0. The van der Waals surface area contributed by atoms with E-state index in [0.717, 1.165) is 0 Å². The smallest absolute Gasteiger partial charge is 0.414 e. The molecule has 5 amide bonds. The molecule has 4 rings (SSSR count). The molecule has 3 fully saturated rings. The number of carbonyl (C=O) groups excluding carboxylic acids is 4. The molecule has 3 aliphatic rings. The quantitative estimate of drug-likeness (QED) is 0.610. The molecule has 0 unspecified atom stereocenters. The first-order chi connectivity index (χ1) is 14.3. The van der Waals surface area contributed by atoms with E-state index in [0.29, 0.717) is 37.3 Å². The Morgan fingerprint density at radius 3 is 2.63 bits per heavy atom. The highest BCUT2D eigenvalue weighted by Gasteiger charge is 2.48. The maximum atomic E-state index is 14.8. The van der Waals surface area contributed by atoms with E-state index in [1.165, 1.54) is 17.9 Å². The third-order valence-electron chi connectivity index (χ3n) is 5.67. The number of carbonyl (C=O) groups is 4. The van der Waals surface area contributed by atoms with Crippen LogP contribution < -0.4 is 25.8 Å². The molecular weight excluding hydrogens is 397 g/mol. The van der Waals surface area contributed by atoms with Crippen molar-refractivity contribution in [3.63, 3.8) is 0 Å². The second kappa shape index (κ2) is 7.47. The minimum Gasteiger partial charge on any atom is -0.442 e. The standard InChI is InChI=1S/C19H22FN5O5/c1-11(26)21-9-13-10-25(18(29)30-13)12-2-3-15(14(20)8-12)24-6-4-19(5-7-24)16(27)22-17(28)23-19/h2-3,8,13H,4-7,9-10H2,1H3,(H,21,26)(H2,22,23,27,28)/t13-/m0/s1. The Kier molecular flexibility index (Phi) is 4.96. The normalized spacial score (nSPS) is 22.7. The highest BCUT2D eigenvalue weighted by molar-refractivity contribution is 6.07. The molecule has 3 saturated heterocycles. The number of imide groups is 1. The molecule has 1 aromatic carbocycles. The summed E-state index contributed by atoms with van der Waals surface area (Å²) in [6.45, 7) is 2.57. The average Bonchev–Trinajstić information content (AvgIpc) is 3.20. The van der Waals surface area contributed by atoms with Gasteiger partial charge in [-0.2, -0.15) is 0 Å². The van der Waals surface area contributed by atoms with Crippen LogP contribution in [0.2, 0.25) is 0 Å². The van der Waals surface area contributed by atoms with Gasteiger partial charge in [0.1, 0.15) is 17.5 Å². The van der Waals surface area contributed by atoms with Gasteiger partial charge in [0.2, 0.25) is 5.91 Å². The van der Waals surface area contributed by atoms with Gasteiger partial charge in [0, 0.05) is 20.0 Å². The molecule has 3 N–H and O–H groups in total. The van der Waals surface area contributed by atoms with Gasteiger partial charge in [0.05, 0.1) is 24.5 Å². The van der Waals surface area contributed by atoms with E-state index >= 15 is 0 Å². The number of nitrogens with one attached hydrogen (secondary N) is 3. The highest BCUT2D eigenvalue weighted by atomic mass is 19.1. The summed E-state index contributed by atoms with van der Waals surface area (Å²) in [5.74, 6) is -1.07. The molecule has 30 heavy (non-hydrogen) atoms. The largest absolute Gasteiger partial charge is 0.442 e. The van der Waals surface area contributed by atoms with E-state index in [1.807, 2.05) is 4.90 Å². The minimum absolute atomic E-state index is 0.192. The topological polar surface area (TPSA) is 120 Å². The zero-order valence-electron chi connectivity index (χ0n) is 16.4. The van der Waals surface area contributed by atoms with Gasteiger partial charge in [-0.1, -0.05) is 0 Å². The van der Waals surface area contributed by atoms with Gasteiger partial charge in [-0.05, 0) is 31.0 Å². The van der Waals surface area contributed by atoms with Crippen LogP contribution in [0.4, 0.5) is 25.4 Å². The van der Waals surface area contributed by atoms with Crippen LogP contribution in [0, 0.1) is 5.82 Å². The van der Waals surface area contributed by atoms with Gasteiger partial charge in [-0.25, -0.2) is 14.0 Å². The molecule has 0 bridgehead atoms. The Hall–Kier alpha value is -3.37. The van der Waals surface area contributed by atoms with Gasteiger partial charge < -0.3 is 20.3 Å². The van der Waals surface area contributed by atoms with Crippen molar-refractivity contribution >= 4 is 35.3 Å². The maximum Gasteiger partial charge on any atom is 0.414 e. The van der Waals surface area contributed by atoms with Crippen LogP contribution in [0.3, 0.4) is 0 Å². The predicted octanol–water partition coefficient (Wildman–Crippen LogP) is 0.465. The molecule has 0 aliphatic carbocycles. The number of amides is 5. The summed E-state index contributed by atoms with van der Waals surface area (Å²) in [4.78, 5) is 49.8. The summed E-state index contributed by atoms with van der Waals surface area (Å²) in [6.07, 6.45) is -0.361. The van der Waals surface area contributed by atoms with E-state index in [1.54, 1.807) is 12.1 Å². The number of halogens is 1. The number of rotatable bonds is 4. The lowest BCUT2D eigenvalue weighted by Gasteiger charge is -2.38. The first-order valence-electron chi connectivity index (χ1n) is 9.68. The summed E-state index contributed by atoms with van der Waals surface area (Å²) < 4.78 is 20.1. The van der Waals surface area contributed by atoms with Crippen LogP contribution in [-0.4, -0.2) is 61.8 Å². The molecule has 10 nitrogen and oxygen atoms in total. The predicted molar refractivity (Wildman–Crippen MR) is 104 cm³/mol. The monoisotopic (exact) mass is 419 g/mol. The Labute approximate surface area is 171 Å². The Bertz CT molecular complexity index is 915. The molecule has 0 aromatic heterocycles. The SMILES string of the molecule is CC(=O)NC[C@H]1CN(c2ccc(N3CCC4(CC3)NC(=O)NC4=O)c(F)c2)C(=O)O1. The summed E-state index contributed by atoms with van der Waals surface area (Å²) in [7, 11) is 0. The van der Waals surface area contributed by atoms with Crippen molar-refractivity contribution in [1.82, 2.24) is 16.0 Å². The van der Waals surface area contributed by atoms with Gasteiger partial charge >= 0.3 is 12.1 Å². The van der Waals surface area contributed by atoms with E-state index in [-0.39, 0.29) is 24.9 Å². The van der Waals surface area contributed by atoms with E-state index in [4.69, 9.17) is 4.74 Å². The van der Waals surface area contributed by atoms with Crippen molar-refractivity contribution in [3.8, 4) is 0 Å². The van der Waals surface area contributed by atoms with Crippen molar-refractivity contribution in [2.24, 2.45) is 0 Å². The number of hydrogen-bond acceptors (Lipinski definition) is 6. The van der Waals surface area contributed by atoms with Crippen LogP contribution in [-0.2, 0) is 14.3 Å². The zero-order chi connectivity index (χ0) is 21.5. The molecular formula is C19H22FN5O5. The molecule has 1 atom stereocenters. The van der Waals surface area contributed by atoms with Gasteiger partial charge in [0.25, 0.3) is 5.91 Å². The second-order valence-electron chi connectivity index (χ2n) is 7.67. The molecule has 3 aliphatic heterocycles. The molecule has 1 aromatic rings. The van der Waals surface area contributed by atoms with Crippen LogP contribution in [0.1, 0.15) is 19.8 Å². The first kappa shape index (κ1) is 19.9. The van der Waals surface area contributed by atoms with E-state index < -0.39 is 29.6 Å². The third kappa shape index (κ3) is 3.62. The highest BCUT2D eigenvalue weighted by Crippen LogP contribution is 2.32. The second-order valence-corrected chi connectivity index (χ2v) is 7.67. The van der Waals surface area contributed by atoms with Crippen LogP contribution in [0.15, 0.2) is 18.2 Å². The Morgan fingerprint density at radius 1 is 1.30 bits per heavy atom. The fraction of sp³-hybridized carbons (Fsp3) is 0.474. The van der Waals surface area contributed by atoms with Crippen LogP contribution in [0.5, 0.6) is 0 Å². The minimum atomic E-state index is -0.924. The number of benzene rings is 1. The Morgan fingerprint density at radius 2 is 2.03 bits per heavy atom. The number of nitrogens with zero attached hydrogens (tertiary/aromatic N) is 2. The lowest BCUT2D eigenvalue weighted by Crippen LogP contribution is -2.55. The number of hydrogen-bond donors (Lipinski definition) is 3. The number of cyclic esters (lactones) is 1. The van der Waals surface area contributed by atoms with Crippen LogP contribution in [0.25, 0.3) is 0 Å². The fourth-order valence-electron chi connectivity index (χ4n) is 4.03. The van der Waals surface area contributed by atoms with Crippen LogP contribution >= 0.6 is 0 Å². The van der Waals surface area contributed by atoms with Crippen molar-refractivity contribution in [1.29, 1.82) is 0 Å². The summed E-state index contributed by atoms with van der Waals surface area (Å²) in [5.41, 5.74) is -0.199. The lowest BCUT2D eigenvalue weighted by atomic mass is 9.87. The maximum absolute atomic E-state index is 14.8. The number of anilines is 2. The molecule has 160 valence electrons. The van der Waals surface area contributed by atoms with Gasteiger partial charge in [-0.3, -0.25) is 19.8 Å². The molecule has 1 spiro atoms. The lowest BCUT2D eigenvalue weighted by molar-refractivity contribution is -0.124. The number of urea groups is 1. The van der Waals surface area contributed by atoms with E-state index in [2.05, 4.69) is 16.0 Å². The number of ether oxygens (including phenoxy) is 1. The Balaban J connectivity index is 1.42.